The lowest BCUT2D eigenvalue weighted by atomic mass is 10.1. The van der Waals surface area contributed by atoms with Crippen LogP contribution < -0.4 is 10.5 Å². The first-order valence-electron chi connectivity index (χ1n) is 6.78. The summed E-state index contributed by atoms with van der Waals surface area (Å²) in [5, 5.41) is 0. The van der Waals surface area contributed by atoms with Crippen LogP contribution in [0.2, 0.25) is 0 Å². The smallest absolute Gasteiger partial charge is 0.241 e. The highest BCUT2D eigenvalue weighted by molar-refractivity contribution is 7.89. The molecule has 0 saturated heterocycles. The Balaban J connectivity index is 2.60. The molecule has 118 valence electrons. The SMILES string of the molecule is CC(C)(C)NS(=O)(=O)c1ccc(F)cc1-c1ccc(N)cc1. The van der Waals surface area contributed by atoms with Crippen molar-refractivity contribution in [1.29, 1.82) is 0 Å². The summed E-state index contributed by atoms with van der Waals surface area (Å²) in [6.45, 7) is 5.24. The van der Waals surface area contributed by atoms with Crippen LogP contribution in [0.15, 0.2) is 47.4 Å². The Kier molecular flexibility index (Phi) is 4.26. The van der Waals surface area contributed by atoms with Crippen molar-refractivity contribution in [2.45, 2.75) is 31.2 Å². The van der Waals surface area contributed by atoms with E-state index in [4.69, 9.17) is 5.73 Å². The van der Waals surface area contributed by atoms with Gasteiger partial charge >= 0.3 is 0 Å². The van der Waals surface area contributed by atoms with E-state index in [-0.39, 0.29) is 4.90 Å². The third-order valence-corrected chi connectivity index (χ3v) is 4.71. The third-order valence-electron chi connectivity index (χ3n) is 2.89. The summed E-state index contributed by atoms with van der Waals surface area (Å²) in [7, 11) is -3.77. The first-order valence-corrected chi connectivity index (χ1v) is 8.26. The maximum Gasteiger partial charge on any atom is 0.241 e. The van der Waals surface area contributed by atoms with Crippen LogP contribution in [0.4, 0.5) is 10.1 Å². The fraction of sp³-hybridized carbons (Fsp3) is 0.250. The van der Waals surface area contributed by atoms with Gasteiger partial charge in [0.1, 0.15) is 5.82 Å². The molecule has 0 atom stereocenters. The fourth-order valence-electron chi connectivity index (χ4n) is 2.08. The molecule has 0 aliphatic carbocycles. The zero-order valence-electron chi connectivity index (χ0n) is 12.7. The van der Waals surface area contributed by atoms with Gasteiger partial charge in [0, 0.05) is 16.8 Å². The van der Waals surface area contributed by atoms with Gasteiger partial charge in [-0.1, -0.05) is 12.1 Å². The van der Waals surface area contributed by atoms with Gasteiger partial charge < -0.3 is 5.73 Å². The number of halogens is 1. The molecule has 2 aromatic rings. The van der Waals surface area contributed by atoms with E-state index in [2.05, 4.69) is 4.72 Å². The van der Waals surface area contributed by atoms with Crippen molar-refractivity contribution >= 4 is 15.7 Å². The monoisotopic (exact) mass is 322 g/mol. The predicted molar refractivity (Wildman–Crippen MR) is 86.3 cm³/mol. The third kappa shape index (κ3) is 3.84. The van der Waals surface area contributed by atoms with Gasteiger partial charge in [0.25, 0.3) is 0 Å². The van der Waals surface area contributed by atoms with E-state index in [1.807, 2.05) is 0 Å². The van der Waals surface area contributed by atoms with E-state index >= 15 is 0 Å². The first kappa shape index (κ1) is 16.5. The van der Waals surface area contributed by atoms with Crippen molar-refractivity contribution in [1.82, 2.24) is 4.72 Å². The highest BCUT2D eigenvalue weighted by atomic mass is 32.2. The second-order valence-corrected chi connectivity index (χ2v) is 7.77. The van der Waals surface area contributed by atoms with Gasteiger partial charge in [-0.2, -0.15) is 0 Å². The second kappa shape index (κ2) is 5.70. The molecule has 0 saturated carbocycles. The van der Waals surface area contributed by atoms with E-state index < -0.39 is 21.4 Å². The van der Waals surface area contributed by atoms with Crippen molar-refractivity contribution in [3.05, 3.63) is 48.3 Å². The zero-order chi connectivity index (χ0) is 16.5. The van der Waals surface area contributed by atoms with Crippen molar-refractivity contribution in [3.8, 4) is 11.1 Å². The topological polar surface area (TPSA) is 72.2 Å². The molecule has 22 heavy (non-hydrogen) atoms. The van der Waals surface area contributed by atoms with Crippen LogP contribution in [-0.2, 0) is 10.0 Å². The van der Waals surface area contributed by atoms with E-state index in [0.29, 0.717) is 16.8 Å². The molecule has 0 unspecified atom stereocenters. The molecule has 3 N–H and O–H groups in total. The summed E-state index contributed by atoms with van der Waals surface area (Å²) in [6, 6.07) is 10.2. The molecule has 0 heterocycles. The van der Waals surface area contributed by atoms with Crippen molar-refractivity contribution in [2.24, 2.45) is 0 Å². The maximum atomic E-state index is 13.6. The molecule has 4 nitrogen and oxygen atoms in total. The summed E-state index contributed by atoms with van der Waals surface area (Å²) in [5.74, 6) is -0.499. The average Bonchev–Trinajstić information content (AvgIpc) is 2.36. The molecule has 0 aromatic heterocycles. The fourth-order valence-corrected chi connectivity index (χ4v) is 3.71. The Hall–Kier alpha value is -1.92. The van der Waals surface area contributed by atoms with Gasteiger partial charge in [-0.25, -0.2) is 17.5 Å². The minimum absolute atomic E-state index is 0.0357. The van der Waals surface area contributed by atoms with Crippen LogP contribution in [0.25, 0.3) is 11.1 Å². The minimum atomic E-state index is -3.77. The minimum Gasteiger partial charge on any atom is -0.399 e. The van der Waals surface area contributed by atoms with Crippen molar-refractivity contribution in [2.75, 3.05) is 5.73 Å². The Morgan fingerprint density at radius 3 is 2.18 bits per heavy atom. The van der Waals surface area contributed by atoms with E-state index in [1.165, 1.54) is 12.1 Å². The van der Waals surface area contributed by atoms with Gasteiger partial charge in [0.15, 0.2) is 0 Å². The number of nitrogens with two attached hydrogens (primary N) is 1. The van der Waals surface area contributed by atoms with Gasteiger partial charge in [-0.15, -0.1) is 0 Å². The summed E-state index contributed by atoms with van der Waals surface area (Å²) in [5.41, 5.74) is 6.45. The van der Waals surface area contributed by atoms with E-state index in [9.17, 15) is 12.8 Å². The molecule has 0 aliphatic heterocycles. The van der Waals surface area contributed by atoms with Gasteiger partial charge in [-0.05, 0) is 56.7 Å². The molecule has 0 radical (unpaired) electrons. The van der Waals surface area contributed by atoms with E-state index in [0.717, 1.165) is 6.07 Å². The number of anilines is 1. The van der Waals surface area contributed by atoms with Crippen LogP contribution in [0, 0.1) is 5.82 Å². The van der Waals surface area contributed by atoms with Crippen molar-refractivity contribution in [3.63, 3.8) is 0 Å². The van der Waals surface area contributed by atoms with E-state index in [1.54, 1.807) is 45.0 Å². The van der Waals surface area contributed by atoms with Gasteiger partial charge in [0.2, 0.25) is 10.0 Å². The lowest BCUT2D eigenvalue weighted by molar-refractivity contribution is 0.491. The van der Waals surface area contributed by atoms with Crippen molar-refractivity contribution < 1.29 is 12.8 Å². The number of sulfonamides is 1. The average molecular weight is 322 g/mol. The first-order chi connectivity index (χ1) is 10.1. The quantitative estimate of drug-likeness (QED) is 0.853. The van der Waals surface area contributed by atoms with Crippen LogP contribution in [0.1, 0.15) is 20.8 Å². The molecule has 6 heteroatoms. The normalized spacial score (nSPS) is 12.4. The van der Waals surface area contributed by atoms with Crippen LogP contribution in [0.5, 0.6) is 0 Å². The standard InChI is InChI=1S/C16H19FN2O2S/c1-16(2,3)19-22(20,21)15-9-6-12(17)10-14(15)11-4-7-13(18)8-5-11/h4-10,19H,18H2,1-3H3. The van der Waals surface area contributed by atoms with Crippen LogP contribution in [0.3, 0.4) is 0 Å². The number of hydrogen-bond donors (Lipinski definition) is 2. The summed E-state index contributed by atoms with van der Waals surface area (Å²) in [4.78, 5) is 0.0357. The number of nitrogen functional groups attached to an aromatic ring is 1. The Labute approximate surface area is 130 Å². The molecule has 0 amide bonds. The zero-order valence-corrected chi connectivity index (χ0v) is 13.5. The number of benzene rings is 2. The Morgan fingerprint density at radius 1 is 1.05 bits per heavy atom. The van der Waals surface area contributed by atoms with Gasteiger partial charge in [0.05, 0.1) is 4.90 Å². The maximum absolute atomic E-state index is 13.6. The Bertz CT molecular complexity index is 779. The summed E-state index contributed by atoms with van der Waals surface area (Å²) >= 11 is 0. The predicted octanol–water partition coefficient (Wildman–Crippen LogP) is 3.15. The second-order valence-electron chi connectivity index (χ2n) is 6.12. The van der Waals surface area contributed by atoms with Crippen LogP contribution in [-0.4, -0.2) is 14.0 Å². The number of rotatable bonds is 3. The summed E-state index contributed by atoms with van der Waals surface area (Å²) in [6.07, 6.45) is 0. The number of nitrogens with one attached hydrogen (secondary N) is 1. The number of hydrogen-bond acceptors (Lipinski definition) is 3. The molecule has 0 bridgehead atoms. The largest absolute Gasteiger partial charge is 0.399 e. The molecule has 0 aliphatic rings. The molecule has 2 rings (SSSR count). The highest BCUT2D eigenvalue weighted by Crippen LogP contribution is 2.29. The lowest BCUT2D eigenvalue weighted by Gasteiger charge is -2.21. The van der Waals surface area contributed by atoms with Gasteiger partial charge in [-0.3, -0.25) is 0 Å². The highest BCUT2D eigenvalue weighted by Gasteiger charge is 2.25. The molecule has 2 aromatic carbocycles. The van der Waals surface area contributed by atoms with Crippen LogP contribution >= 0.6 is 0 Å². The molecule has 0 fully saturated rings. The summed E-state index contributed by atoms with van der Waals surface area (Å²) < 4.78 is 41.3. The molecule has 0 spiro atoms. The Morgan fingerprint density at radius 2 is 1.64 bits per heavy atom. The molecular formula is C16H19FN2O2S. The lowest BCUT2D eigenvalue weighted by Crippen LogP contribution is -2.40. The molecular weight excluding hydrogens is 303 g/mol.